The molecule has 4 rings (SSSR count). The molecule has 0 spiro atoms. The van der Waals surface area contributed by atoms with Crippen LogP contribution in [0.3, 0.4) is 0 Å². The lowest BCUT2D eigenvalue weighted by atomic mass is 10.1. The van der Waals surface area contributed by atoms with Gasteiger partial charge >= 0.3 is 0 Å². The third-order valence-electron chi connectivity index (χ3n) is 5.85. The summed E-state index contributed by atoms with van der Waals surface area (Å²) in [4.78, 5) is 27.5. The number of para-hydroxylation sites is 2. The maximum absolute atomic E-state index is 13.4. The number of anilines is 1. The molecule has 1 aliphatic rings. The highest BCUT2D eigenvalue weighted by Crippen LogP contribution is 2.34. The van der Waals surface area contributed by atoms with E-state index in [-0.39, 0.29) is 28.1 Å². The van der Waals surface area contributed by atoms with Crippen molar-refractivity contribution in [1.29, 1.82) is 0 Å². The Morgan fingerprint density at radius 1 is 1.11 bits per heavy atom. The quantitative estimate of drug-likeness (QED) is 0.468. The van der Waals surface area contributed by atoms with Crippen molar-refractivity contribution in [2.75, 3.05) is 32.1 Å². The van der Waals surface area contributed by atoms with Gasteiger partial charge in [0.25, 0.3) is 5.91 Å². The molecule has 1 N–H and O–H groups in total. The number of nitrogens with one attached hydrogen (secondary N) is 1. The van der Waals surface area contributed by atoms with E-state index in [0.717, 1.165) is 9.87 Å². The second kappa shape index (κ2) is 11.2. The molecule has 0 fully saturated rings. The summed E-state index contributed by atoms with van der Waals surface area (Å²) in [7, 11) is -1.47. The average Bonchev–Trinajstić information content (AvgIpc) is 2.91. The van der Waals surface area contributed by atoms with Crippen LogP contribution in [-0.2, 0) is 26.2 Å². The van der Waals surface area contributed by atoms with Crippen LogP contribution in [-0.4, -0.2) is 57.9 Å². The van der Waals surface area contributed by atoms with E-state index < -0.39 is 28.6 Å². The molecule has 0 bridgehead atoms. The molecule has 1 heterocycles. The van der Waals surface area contributed by atoms with Crippen LogP contribution in [0.1, 0.15) is 5.56 Å². The number of carbonyl (C=O) groups excluding carboxylic acids is 2. The van der Waals surface area contributed by atoms with Crippen LogP contribution in [0.2, 0.25) is 5.02 Å². The standard InChI is InChI=1S/C26H26ClN3O6S/c1-29(37(33,34)24-14-19(27)12-13-22(24)35-2)17-25(31)30-16-23(36-21-11-7-6-10-20(21)30)26(32)28-15-18-8-4-3-5-9-18/h3-14,23H,15-17H2,1-2H3,(H,28,32)/t23-/m1/s1. The number of halogens is 1. The minimum atomic E-state index is -4.12. The number of carbonyl (C=O) groups is 2. The summed E-state index contributed by atoms with van der Waals surface area (Å²) in [5.74, 6) is -0.455. The number of hydrogen-bond donors (Lipinski definition) is 1. The van der Waals surface area contributed by atoms with Crippen molar-refractivity contribution in [3.63, 3.8) is 0 Å². The smallest absolute Gasteiger partial charge is 0.263 e. The van der Waals surface area contributed by atoms with Crippen molar-refractivity contribution in [3.05, 3.63) is 83.4 Å². The van der Waals surface area contributed by atoms with Gasteiger partial charge in [-0.15, -0.1) is 0 Å². The predicted octanol–water partition coefficient (Wildman–Crippen LogP) is 3.08. The fourth-order valence-corrected chi connectivity index (χ4v) is 5.42. The highest BCUT2D eigenvalue weighted by molar-refractivity contribution is 7.89. The van der Waals surface area contributed by atoms with E-state index in [2.05, 4.69) is 5.32 Å². The molecule has 0 aliphatic carbocycles. The highest BCUT2D eigenvalue weighted by Gasteiger charge is 2.35. The number of methoxy groups -OCH3 is 1. The zero-order valence-corrected chi connectivity index (χ0v) is 21.8. The van der Waals surface area contributed by atoms with Crippen LogP contribution in [0.4, 0.5) is 5.69 Å². The second-order valence-corrected chi connectivity index (χ2v) is 10.8. The first-order chi connectivity index (χ1) is 17.7. The number of ether oxygens (including phenoxy) is 2. The number of likely N-dealkylation sites (N-methyl/N-ethyl adjacent to an activating group) is 1. The molecule has 3 aromatic rings. The zero-order valence-electron chi connectivity index (χ0n) is 20.3. The van der Waals surface area contributed by atoms with Crippen LogP contribution < -0.4 is 19.7 Å². The van der Waals surface area contributed by atoms with Crippen molar-refractivity contribution >= 4 is 39.1 Å². The molecular formula is C26H26ClN3O6S. The van der Waals surface area contributed by atoms with Gasteiger partial charge in [0.1, 0.15) is 16.4 Å². The van der Waals surface area contributed by atoms with Gasteiger partial charge < -0.3 is 19.7 Å². The van der Waals surface area contributed by atoms with Gasteiger partial charge in [0.15, 0.2) is 6.10 Å². The van der Waals surface area contributed by atoms with Gasteiger partial charge in [-0.1, -0.05) is 54.1 Å². The molecule has 194 valence electrons. The van der Waals surface area contributed by atoms with Crippen molar-refractivity contribution in [1.82, 2.24) is 9.62 Å². The molecule has 0 unspecified atom stereocenters. The number of fused-ring (bicyclic) bond motifs is 1. The van der Waals surface area contributed by atoms with E-state index in [1.54, 1.807) is 24.3 Å². The summed E-state index contributed by atoms with van der Waals surface area (Å²) in [6.45, 7) is -0.257. The van der Waals surface area contributed by atoms with E-state index in [1.165, 1.54) is 37.3 Å². The van der Waals surface area contributed by atoms with Gasteiger partial charge in [0, 0.05) is 18.6 Å². The summed E-state index contributed by atoms with van der Waals surface area (Å²) >= 11 is 6.01. The van der Waals surface area contributed by atoms with Crippen LogP contribution >= 0.6 is 11.6 Å². The molecule has 0 saturated heterocycles. The molecule has 9 nitrogen and oxygen atoms in total. The Morgan fingerprint density at radius 2 is 1.81 bits per heavy atom. The molecular weight excluding hydrogens is 518 g/mol. The Hall–Kier alpha value is -3.60. The molecule has 3 aromatic carbocycles. The maximum atomic E-state index is 13.4. The van der Waals surface area contributed by atoms with E-state index in [4.69, 9.17) is 21.1 Å². The van der Waals surface area contributed by atoms with Crippen molar-refractivity contribution in [2.24, 2.45) is 0 Å². The maximum Gasteiger partial charge on any atom is 0.263 e. The van der Waals surface area contributed by atoms with Crippen molar-refractivity contribution in [2.45, 2.75) is 17.5 Å². The second-order valence-electron chi connectivity index (χ2n) is 8.34. The third-order valence-corrected chi connectivity index (χ3v) is 7.91. The number of nitrogens with zero attached hydrogens (tertiary/aromatic N) is 2. The Labute approximate surface area is 220 Å². The predicted molar refractivity (Wildman–Crippen MR) is 139 cm³/mol. The summed E-state index contributed by atoms with van der Waals surface area (Å²) in [6.07, 6.45) is -0.975. The molecule has 11 heteroatoms. The molecule has 0 aromatic heterocycles. The molecule has 2 amide bonds. The fraction of sp³-hybridized carbons (Fsp3) is 0.231. The van der Waals surface area contributed by atoms with Gasteiger partial charge in [-0.05, 0) is 35.9 Å². The summed E-state index contributed by atoms with van der Waals surface area (Å²) in [5.41, 5.74) is 1.37. The number of rotatable bonds is 8. The Kier molecular flexibility index (Phi) is 8.01. The first-order valence-corrected chi connectivity index (χ1v) is 13.2. The van der Waals surface area contributed by atoms with Crippen LogP contribution in [0.25, 0.3) is 0 Å². The number of amides is 2. The minimum absolute atomic E-state index is 0.0785. The van der Waals surface area contributed by atoms with Crippen LogP contribution in [0.15, 0.2) is 77.7 Å². The Balaban J connectivity index is 1.52. The van der Waals surface area contributed by atoms with Gasteiger partial charge in [-0.2, -0.15) is 4.31 Å². The SMILES string of the molecule is COc1ccc(Cl)cc1S(=O)(=O)N(C)CC(=O)N1C[C@H](C(=O)NCc2ccccc2)Oc2ccccc21. The first kappa shape index (κ1) is 26.5. The van der Waals surface area contributed by atoms with Gasteiger partial charge in [-0.3, -0.25) is 9.59 Å². The molecule has 1 atom stereocenters. The van der Waals surface area contributed by atoms with E-state index >= 15 is 0 Å². The van der Waals surface area contributed by atoms with E-state index in [9.17, 15) is 18.0 Å². The Morgan fingerprint density at radius 3 is 2.54 bits per heavy atom. The first-order valence-electron chi connectivity index (χ1n) is 11.4. The highest BCUT2D eigenvalue weighted by atomic mass is 35.5. The lowest BCUT2D eigenvalue weighted by Gasteiger charge is -2.35. The fourth-order valence-electron chi connectivity index (χ4n) is 3.89. The average molecular weight is 544 g/mol. The van der Waals surface area contributed by atoms with Crippen LogP contribution in [0, 0.1) is 0 Å². The van der Waals surface area contributed by atoms with Gasteiger partial charge in [0.05, 0.1) is 25.9 Å². The summed E-state index contributed by atoms with van der Waals surface area (Å²) < 4.78 is 38.5. The van der Waals surface area contributed by atoms with Crippen molar-refractivity contribution in [3.8, 4) is 11.5 Å². The number of sulfonamides is 1. The normalized spacial score (nSPS) is 15.0. The number of benzene rings is 3. The third kappa shape index (κ3) is 5.87. The molecule has 1 aliphatic heterocycles. The Bertz CT molecular complexity index is 1400. The largest absolute Gasteiger partial charge is 0.495 e. The van der Waals surface area contributed by atoms with Crippen molar-refractivity contribution < 1.29 is 27.5 Å². The minimum Gasteiger partial charge on any atom is -0.495 e. The van der Waals surface area contributed by atoms with Gasteiger partial charge in [0.2, 0.25) is 15.9 Å². The zero-order chi connectivity index (χ0) is 26.6. The van der Waals surface area contributed by atoms with E-state index in [1.807, 2.05) is 30.3 Å². The lowest BCUT2D eigenvalue weighted by Crippen LogP contribution is -2.52. The topological polar surface area (TPSA) is 105 Å². The molecule has 37 heavy (non-hydrogen) atoms. The van der Waals surface area contributed by atoms with Crippen LogP contribution in [0.5, 0.6) is 11.5 Å². The summed E-state index contributed by atoms with van der Waals surface area (Å²) in [5, 5.41) is 3.04. The molecule has 0 saturated carbocycles. The monoisotopic (exact) mass is 543 g/mol. The van der Waals surface area contributed by atoms with Gasteiger partial charge in [-0.25, -0.2) is 8.42 Å². The number of hydrogen-bond acceptors (Lipinski definition) is 6. The molecule has 0 radical (unpaired) electrons. The summed E-state index contributed by atoms with van der Waals surface area (Å²) in [6, 6.07) is 20.4. The van der Waals surface area contributed by atoms with E-state index in [0.29, 0.717) is 18.0 Å². The lowest BCUT2D eigenvalue weighted by molar-refractivity contribution is -0.128.